The predicted molar refractivity (Wildman–Crippen MR) is 75.8 cm³/mol. The summed E-state index contributed by atoms with van der Waals surface area (Å²) < 4.78 is 5.54. The normalized spacial score (nSPS) is 15.2. The highest BCUT2D eigenvalue weighted by atomic mass is 16.5. The van der Waals surface area contributed by atoms with Gasteiger partial charge in [-0.05, 0) is 35.4 Å². The standard InChI is InChI=1S/C16H26O2/c1-6-11-18-14-9-7-13(8-10-14)15(17)12(2)16(3,4)5/h7-10,12,15,17H,6,11H2,1-5H3. The van der Waals surface area contributed by atoms with Crippen LogP contribution in [0.25, 0.3) is 0 Å². The first kappa shape index (κ1) is 15.0. The Bertz CT molecular complexity index is 348. The monoisotopic (exact) mass is 250 g/mol. The summed E-state index contributed by atoms with van der Waals surface area (Å²) in [6.07, 6.45) is 0.580. The number of aliphatic hydroxyl groups excluding tert-OH is 1. The van der Waals surface area contributed by atoms with E-state index in [1.807, 2.05) is 24.3 Å². The van der Waals surface area contributed by atoms with E-state index >= 15 is 0 Å². The van der Waals surface area contributed by atoms with E-state index in [2.05, 4.69) is 34.6 Å². The first-order chi connectivity index (χ1) is 8.36. The number of rotatable bonds is 5. The molecule has 1 aromatic rings. The number of benzene rings is 1. The molecule has 0 saturated carbocycles. The molecule has 1 aromatic carbocycles. The molecule has 0 saturated heterocycles. The molecule has 0 heterocycles. The van der Waals surface area contributed by atoms with Crippen molar-refractivity contribution in [1.82, 2.24) is 0 Å². The number of aliphatic hydroxyl groups is 1. The van der Waals surface area contributed by atoms with Crippen molar-refractivity contribution in [3.05, 3.63) is 29.8 Å². The topological polar surface area (TPSA) is 29.5 Å². The van der Waals surface area contributed by atoms with Gasteiger partial charge in [0.1, 0.15) is 5.75 Å². The summed E-state index contributed by atoms with van der Waals surface area (Å²) in [4.78, 5) is 0. The quantitative estimate of drug-likeness (QED) is 0.849. The second-order valence-electron chi connectivity index (χ2n) is 6.02. The molecule has 0 amide bonds. The summed E-state index contributed by atoms with van der Waals surface area (Å²) in [7, 11) is 0. The van der Waals surface area contributed by atoms with Crippen LogP contribution in [0.2, 0.25) is 0 Å². The van der Waals surface area contributed by atoms with Crippen LogP contribution in [0.1, 0.15) is 52.7 Å². The molecule has 2 nitrogen and oxygen atoms in total. The molecular formula is C16H26O2. The summed E-state index contributed by atoms with van der Waals surface area (Å²) in [5.74, 6) is 1.08. The van der Waals surface area contributed by atoms with Crippen LogP contribution < -0.4 is 4.74 Å². The van der Waals surface area contributed by atoms with E-state index in [1.165, 1.54) is 0 Å². The van der Waals surface area contributed by atoms with Crippen molar-refractivity contribution < 1.29 is 9.84 Å². The Morgan fingerprint density at radius 2 is 1.72 bits per heavy atom. The van der Waals surface area contributed by atoms with Gasteiger partial charge in [0.25, 0.3) is 0 Å². The maximum Gasteiger partial charge on any atom is 0.119 e. The van der Waals surface area contributed by atoms with Crippen molar-refractivity contribution in [2.75, 3.05) is 6.61 Å². The van der Waals surface area contributed by atoms with Gasteiger partial charge in [0.05, 0.1) is 12.7 Å². The Labute approximate surface area is 111 Å². The molecular weight excluding hydrogens is 224 g/mol. The minimum Gasteiger partial charge on any atom is -0.494 e. The minimum atomic E-state index is -0.426. The van der Waals surface area contributed by atoms with E-state index in [1.54, 1.807) is 0 Å². The molecule has 2 heteroatoms. The zero-order valence-corrected chi connectivity index (χ0v) is 12.2. The highest BCUT2D eigenvalue weighted by Crippen LogP contribution is 2.36. The molecule has 0 aromatic heterocycles. The fourth-order valence-corrected chi connectivity index (χ4v) is 1.74. The van der Waals surface area contributed by atoms with Crippen LogP contribution in [0.4, 0.5) is 0 Å². The first-order valence-electron chi connectivity index (χ1n) is 6.77. The summed E-state index contributed by atoms with van der Waals surface area (Å²) >= 11 is 0. The Kier molecular flexibility index (Phi) is 5.21. The Morgan fingerprint density at radius 3 is 2.17 bits per heavy atom. The van der Waals surface area contributed by atoms with Gasteiger partial charge in [0, 0.05) is 0 Å². The molecule has 0 aliphatic heterocycles. The summed E-state index contributed by atoms with van der Waals surface area (Å²) in [5.41, 5.74) is 1.05. The van der Waals surface area contributed by atoms with Crippen LogP contribution >= 0.6 is 0 Å². The van der Waals surface area contributed by atoms with Gasteiger partial charge < -0.3 is 9.84 Å². The van der Waals surface area contributed by atoms with Crippen LogP contribution in [0, 0.1) is 11.3 Å². The van der Waals surface area contributed by atoms with E-state index in [4.69, 9.17) is 4.74 Å². The number of hydrogen-bond acceptors (Lipinski definition) is 2. The van der Waals surface area contributed by atoms with E-state index < -0.39 is 6.10 Å². The van der Waals surface area contributed by atoms with Crippen molar-refractivity contribution in [1.29, 1.82) is 0 Å². The zero-order valence-electron chi connectivity index (χ0n) is 12.2. The van der Waals surface area contributed by atoms with E-state index in [9.17, 15) is 5.11 Å². The molecule has 0 radical (unpaired) electrons. The highest BCUT2D eigenvalue weighted by molar-refractivity contribution is 5.28. The van der Waals surface area contributed by atoms with E-state index in [-0.39, 0.29) is 11.3 Å². The SMILES string of the molecule is CCCOc1ccc(C(O)C(C)C(C)(C)C)cc1. The summed E-state index contributed by atoms with van der Waals surface area (Å²) in [6, 6.07) is 7.78. The lowest BCUT2D eigenvalue weighted by atomic mass is 9.77. The lowest BCUT2D eigenvalue weighted by Gasteiger charge is -2.31. The van der Waals surface area contributed by atoms with Crippen LogP contribution in [0.5, 0.6) is 5.75 Å². The van der Waals surface area contributed by atoms with Crippen molar-refractivity contribution >= 4 is 0 Å². The third kappa shape index (κ3) is 4.02. The van der Waals surface area contributed by atoms with Gasteiger partial charge in [0.2, 0.25) is 0 Å². The van der Waals surface area contributed by atoms with Gasteiger partial charge in [-0.3, -0.25) is 0 Å². The second-order valence-corrected chi connectivity index (χ2v) is 6.02. The fraction of sp³-hybridized carbons (Fsp3) is 0.625. The lowest BCUT2D eigenvalue weighted by molar-refractivity contribution is 0.0535. The minimum absolute atomic E-state index is 0.0940. The first-order valence-corrected chi connectivity index (χ1v) is 6.77. The van der Waals surface area contributed by atoms with Crippen LogP contribution in [0.15, 0.2) is 24.3 Å². The molecule has 2 unspecified atom stereocenters. The second kappa shape index (κ2) is 6.24. The molecule has 102 valence electrons. The highest BCUT2D eigenvalue weighted by Gasteiger charge is 2.27. The average Bonchev–Trinajstić information content (AvgIpc) is 2.34. The van der Waals surface area contributed by atoms with Gasteiger partial charge in [0.15, 0.2) is 0 Å². The molecule has 1 N–H and O–H groups in total. The smallest absolute Gasteiger partial charge is 0.119 e. The Balaban J connectivity index is 2.72. The number of ether oxygens (including phenoxy) is 1. The third-order valence-electron chi connectivity index (χ3n) is 3.53. The van der Waals surface area contributed by atoms with Gasteiger partial charge in [-0.25, -0.2) is 0 Å². The predicted octanol–water partition coefficient (Wildman–Crippen LogP) is 4.19. The van der Waals surface area contributed by atoms with Gasteiger partial charge in [-0.15, -0.1) is 0 Å². The molecule has 0 fully saturated rings. The molecule has 0 aliphatic carbocycles. The van der Waals surface area contributed by atoms with Gasteiger partial charge in [-0.2, -0.15) is 0 Å². The van der Waals surface area contributed by atoms with Crippen LogP contribution in [0.3, 0.4) is 0 Å². The average molecular weight is 250 g/mol. The molecule has 2 atom stereocenters. The summed E-state index contributed by atoms with van der Waals surface area (Å²) in [6.45, 7) is 11.4. The molecule has 18 heavy (non-hydrogen) atoms. The molecule has 1 rings (SSSR count). The van der Waals surface area contributed by atoms with E-state index in [0.29, 0.717) is 0 Å². The Morgan fingerprint density at radius 1 is 1.17 bits per heavy atom. The van der Waals surface area contributed by atoms with Gasteiger partial charge in [-0.1, -0.05) is 46.8 Å². The van der Waals surface area contributed by atoms with Crippen molar-refractivity contribution in [3.63, 3.8) is 0 Å². The Hall–Kier alpha value is -1.02. The fourth-order valence-electron chi connectivity index (χ4n) is 1.74. The molecule has 0 aliphatic rings. The van der Waals surface area contributed by atoms with Crippen molar-refractivity contribution in [2.24, 2.45) is 11.3 Å². The van der Waals surface area contributed by atoms with E-state index in [0.717, 1.165) is 24.3 Å². The van der Waals surface area contributed by atoms with Crippen molar-refractivity contribution in [2.45, 2.75) is 47.1 Å². The van der Waals surface area contributed by atoms with Gasteiger partial charge >= 0.3 is 0 Å². The van der Waals surface area contributed by atoms with Crippen molar-refractivity contribution in [3.8, 4) is 5.75 Å². The van der Waals surface area contributed by atoms with Crippen LogP contribution in [-0.4, -0.2) is 11.7 Å². The third-order valence-corrected chi connectivity index (χ3v) is 3.53. The summed E-state index contributed by atoms with van der Waals surface area (Å²) in [5, 5.41) is 10.4. The lowest BCUT2D eigenvalue weighted by Crippen LogP contribution is -2.24. The molecule has 0 bridgehead atoms. The number of hydrogen-bond donors (Lipinski definition) is 1. The maximum absolute atomic E-state index is 10.4. The molecule has 0 spiro atoms. The van der Waals surface area contributed by atoms with Crippen LogP contribution in [-0.2, 0) is 0 Å². The zero-order chi connectivity index (χ0) is 13.8. The largest absolute Gasteiger partial charge is 0.494 e. The maximum atomic E-state index is 10.4.